The van der Waals surface area contributed by atoms with E-state index in [1.807, 2.05) is 18.2 Å². The molecule has 3 rings (SSSR count). The first kappa shape index (κ1) is 13.3. The van der Waals surface area contributed by atoms with Crippen molar-refractivity contribution < 1.29 is 9.26 Å². The third-order valence-corrected chi connectivity index (χ3v) is 3.42. The molecule has 1 aromatic carbocycles. The van der Waals surface area contributed by atoms with Gasteiger partial charge in [0.15, 0.2) is 5.82 Å². The third-order valence-electron chi connectivity index (χ3n) is 3.42. The fraction of sp³-hybridized carbons (Fsp3) is 0.467. The minimum atomic E-state index is 0.237. The summed E-state index contributed by atoms with van der Waals surface area (Å²) in [5.41, 5.74) is 1.18. The van der Waals surface area contributed by atoms with E-state index in [0.29, 0.717) is 25.5 Å². The predicted octanol–water partition coefficient (Wildman–Crippen LogP) is 2.25. The van der Waals surface area contributed by atoms with Crippen LogP contribution in [-0.4, -0.2) is 23.3 Å². The number of benzene rings is 1. The zero-order valence-corrected chi connectivity index (χ0v) is 11.4. The number of hydrogen-bond donors (Lipinski definition) is 1. The van der Waals surface area contributed by atoms with Crippen molar-refractivity contribution in [2.24, 2.45) is 0 Å². The Balaban J connectivity index is 1.42. The first-order valence-corrected chi connectivity index (χ1v) is 7.09. The van der Waals surface area contributed by atoms with E-state index in [1.165, 1.54) is 12.0 Å². The van der Waals surface area contributed by atoms with Gasteiger partial charge in [0, 0.05) is 6.42 Å². The van der Waals surface area contributed by atoms with Crippen molar-refractivity contribution in [3.8, 4) is 0 Å². The van der Waals surface area contributed by atoms with Gasteiger partial charge in [-0.25, -0.2) is 0 Å². The number of nitrogens with one attached hydrogen (secondary N) is 1. The Morgan fingerprint density at radius 2 is 2.20 bits per heavy atom. The van der Waals surface area contributed by atoms with Gasteiger partial charge in [-0.2, -0.15) is 4.98 Å². The molecule has 2 aromatic rings. The van der Waals surface area contributed by atoms with Gasteiger partial charge in [-0.3, -0.25) is 0 Å². The fourth-order valence-corrected chi connectivity index (χ4v) is 2.33. The van der Waals surface area contributed by atoms with Crippen LogP contribution in [0, 0.1) is 0 Å². The number of nitrogens with zero attached hydrogens (tertiary/aromatic N) is 2. The molecule has 0 radical (unpaired) electrons. The van der Waals surface area contributed by atoms with Gasteiger partial charge in [-0.1, -0.05) is 35.5 Å². The summed E-state index contributed by atoms with van der Waals surface area (Å²) in [4.78, 5) is 4.42. The molecule has 1 aromatic heterocycles. The Hall–Kier alpha value is -1.72. The van der Waals surface area contributed by atoms with Crippen LogP contribution in [0.1, 0.15) is 36.2 Å². The molecule has 0 spiro atoms. The summed E-state index contributed by atoms with van der Waals surface area (Å²) in [5.74, 6) is 1.43. The second-order valence-electron chi connectivity index (χ2n) is 4.99. The van der Waals surface area contributed by atoms with Crippen LogP contribution in [0.3, 0.4) is 0 Å². The average molecular weight is 273 g/mol. The first-order valence-electron chi connectivity index (χ1n) is 7.09. The molecule has 1 atom stereocenters. The summed E-state index contributed by atoms with van der Waals surface area (Å²) < 4.78 is 10.9. The predicted molar refractivity (Wildman–Crippen MR) is 74.1 cm³/mol. The van der Waals surface area contributed by atoms with Gasteiger partial charge in [-0.05, 0) is 24.9 Å². The SMILES string of the molecule is c1ccc(COCCc2noc([C@H]3CCCN3)n2)cc1. The summed E-state index contributed by atoms with van der Waals surface area (Å²) >= 11 is 0. The van der Waals surface area contributed by atoms with E-state index in [-0.39, 0.29) is 6.04 Å². The molecule has 1 N–H and O–H groups in total. The highest BCUT2D eigenvalue weighted by atomic mass is 16.5. The Labute approximate surface area is 118 Å². The van der Waals surface area contributed by atoms with Gasteiger partial charge in [-0.15, -0.1) is 0 Å². The van der Waals surface area contributed by atoms with E-state index >= 15 is 0 Å². The molecular weight excluding hydrogens is 254 g/mol. The molecule has 0 aliphatic carbocycles. The molecule has 1 aliphatic heterocycles. The maximum atomic E-state index is 5.62. The molecule has 0 unspecified atom stereocenters. The molecule has 2 heterocycles. The number of hydrogen-bond acceptors (Lipinski definition) is 5. The van der Waals surface area contributed by atoms with E-state index in [4.69, 9.17) is 9.26 Å². The van der Waals surface area contributed by atoms with Gasteiger partial charge in [0.2, 0.25) is 5.89 Å². The zero-order chi connectivity index (χ0) is 13.6. The van der Waals surface area contributed by atoms with E-state index in [2.05, 4.69) is 27.6 Å². The highest BCUT2D eigenvalue weighted by Crippen LogP contribution is 2.21. The Morgan fingerprint density at radius 1 is 1.30 bits per heavy atom. The van der Waals surface area contributed by atoms with Crippen LogP contribution < -0.4 is 5.32 Å². The monoisotopic (exact) mass is 273 g/mol. The molecule has 0 amide bonds. The van der Waals surface area contributed by atoms with Crippen LogP contribution in [0.2, 0.25) is 0 Å². The van der Waals surface area contributed by atoms with Crippen LogP contribution >= 0.6 is 0 Å². The molecule has 1 aliphatic rings. The Kier molecular flexibility index (Phi) is 4.40. The minimum absolute atomic E-state index is 0.237. The van der Waals surface area contributed by atoms with Crippen LogP contribution in [0.25, 0.3) is 0 Å². The van der Waals surface area contributed by atoms with Gasteiger partial charge < -0.3 is 14.6 Å². The molecule has 1 fully saturated rings. The Bertz CT molecular complexity index is 521. The van der Waals surface area contributed by atoms with Gasteiger partial charge >= 0.3 is 0 Å². The number of aromatic nitrogens is 2. The molecular formula is C15H19N3O2. The van der Waals surface area contributed by atoms with Crippen molar-refractivity contribution in [1.29, 1.82) is 0 Å². The van der Waals surface area contributed by atoms with Crippen LogP contribution in [0.5, 0.6) is 0 Å². The quantitative estimate of drug-likeness (QED) is 0.818. The van der Waals surface area contributed by atoms with E-state index < -0.39 is 0 Å². The maximum Gasteiger partial charge on any atom is 0.243 e. The molecule has 5 heteroatoms. The maximum absolute atomic E-state index is 5.62. The topological polar surface area (TPSA) is 60.2 Å². The summed E-state index contributed by atoms with van der Waals surface area (Å²) in [7, 11) is 0. The first-order chi connectivity index (χ1) is 9.92. The largest absolute Gasteiger partial charge is 0.376 e. The molecule has 0 bridgehead atoms. The summed E-state index contributed by atoms with van der Waals surface area (Å²) in [6.07, 6.45) is 2.93. The molecule has 20 heavy (non-hydrogen) atoms. The van der Waals surface area contributed by atoms with Gasteiger partial charge in [0.1, 0.15) is 0 Å². The lowest BCUT2D eigenvalue weighted by molar-refractivity contribution is 0.122. The van der Waals surface area contributed by atoms with Gasteiger partial charge in [0.25, 0.3) is 0 Å². The van der Waals surface area contributed by atoms with Crippen LogP contribution in [0.15, 0.2) is 34.9 Å². The normalized spacial score (nSPS) is 18.5. The minimum Gasteiger partial charge on any atom is -0.376 e. The third kappa shape index (κ3) is 3.43. The lowest BCUT2D eigenvalue weighted by Crippen LogP contribution is -2.13. The lowest BCUT2D eigenvalue weighted by atomic mass is 10.2. The van der Waals surface area contributed by atoms with Crippen molar-refractivity contribution >= 4 is 0 Å². The summed E-state index contributed by atoms with van der Waals surface area (Å²) in [6.45, 7) is 2.25. The molecule has 106 valence electrons. The van der Waals surface area contributed by atoms with Crippen LogP contribution in [0.4, 0.5) is 0 Å². The standard InChI is InChI=1S/C15H19N3O2/c1-2-5-12(6-3-1)11-19-10-8-14-17-15(20-18-14)13-7-4-9-16-13/h1-3,5-6,13,16H,4,7-11H2/t13-/m1/s1. The zero-order valence-electron chi connectivity index (χ0n) is 11.4. The summed E-state index contributed by atoms with van der Waals surface area (Å²) in [6, 6.07) is 10.4. The van der Waals surface area contributed by atoms with Crippen LogP contribution in [-0.2, 0) is 17.8 Å². The van der Waals surface area contributed by atoms with Crippen molar-refractivity contribution in [2.75, 3.05) is 13.2 Å². The van der Waals surface area contributed by atoms with Crippen molar-refractivity contribution in [3.63, 3.8) is 0 Å². The number of ether oxygens (including phenoxy) is 1. The molecule has 0 saturated carbocycles. The molecule has 5 nitrogen and oxygen atoms in total. The fourth-order valence-electron chi connectivity index (χ4n) is 2.33. The Morgan fingerprint density at radius 3 is 3.00 bits per heavy atom. The highest BCUT2D eigenvalue weighted by Gasteiger charge is 2.22. The van der Waals surface area contributed by atoms with E-state index in [1.54, 1.807) is 0 Å². The lowest BCUT2D eigenvalue weighted by Gasteiger charge is -2.02. The average Bonchev–Trinajstić information content (AvgIpc) is 3.15. The second-order valence-corrected chi connectivity index (χ2v) is 4.99. The smallest absolute Gasteiger partial charge is 0.243 e. The van der Waals surface area contributed by atoms with E-state index in [0.717, 1.165) is 18.8 Å². The highest BCUT2D eigenvalue weighted by molar-refractivity contribution is 5.13. The summed E-state index contributed by atoms with van der Waals surface area (Å²) in [5, 5.41) is 7.35. The van der Waals surface area contributed by atoms with E-state index in [9.17, 15) is 0 Å². The number of rotatable bonds is 6. The second kappa shape index (κ2) is 6.63. The van der Waals surface area contributed by atoms with Crippen molar-refractivity contribution in [1.82, 2.24) is 15.5 Å². The molecule has 1 saturated heterocycles. The van der Waals surface area contributed by atoms with Gasteiger partial charge in [0.05, 0.1) is 19.3 Å². The van der Waals surface area contributed by atoms with Crippen molar-refractivity contribution in [3.05, 3.63) is 47.6 Å². The van der Waals surface area contributed by atoms with Crippen molar-refractivity contribution in [2.45, 2.75) is 31.9 Å².